The molecule has 1 amide bonds. The van der Waals surface area contributed by atoms with Crippen molar-refractivity contribution in [1.29, 1.82) is 0 Å². The lowest BCUT2D eigenvalue weighted by molar-refractivity contribution is 0.0341. The van der Waals surface area contributed by atoms with Crippen molar-refractivity contribution in [2.75, 3.05) is 6.54 Å². The molecule has 0 saturated heterocycles. The number of carbonyl (C=O) groups excluding carboxylic acids is 1. The average Bonchev–Trinajstić information content (AvgIpc) is 2.35. The molecule has 1 aromatic rings. The molecule has 1 atom stereocenters. The first-order valence-electron chi connectivity index (χ1n) is 7.21. The van der Waals surface area contributed by atoms with Gasteiger partial charge in [0.05, 0.1) is 5.70 Å². The molecule has 120 valence electrons. The molecule has 6 heteroatoms. The molecule has 0 aromatic carbocycles. The summed E-state index contributed by atoms with van der Waals surface area (Å²) in [6, 6.07) is 3.41. The van der Waals surface area contributed by atoms with Gasteiger partial charge in [0.25, 0.3) is 0 Å². The Labute approximate surface area is 141 Å². The van der Waals surface area contributed by atoms with E-state index in [1.807, 2.05) is 26.8 Å². The number of hydrogen-bond donors (Lipinski definition) is 0. The number of aromatic nitrogens is 1. The van der Waals surface area contributed by atoms with Crippen molar-refractivity contribution in [1.82, 2.24) is 9.88 Å². The first-order valence-corrected chi connectivity index (χ1v) is 7.97. The molecule has 0 fully saturated rings. The Bertz CT molecular complexity index is 588. The largest absolute Gasteiger partial charge is 0.443 e. The van der Waals surface area contributed by atoms with E-state index in [4.69, 9.17) is 27.9 Å². The second kappa shape index (κ2) is 6.47. The van der Waals surface area contributed by atoms with Gasteiger partial charge in [-0.1, -0.05) is 36.2 Å². The van der Waals surface area contributed by atoms with Crippen LogP contribution in [0, 0.1) is 5.92 Å². The van der Waals surface area contributed by atoms with Gasteiger partial charge >= 0.3 is 6.09 Å². The van der Waals surface area contributed by atoms with Gasteiger partial charge in [-0.25, -0.2) is 9.78 Å². The summed E-state index contributed by atoms with van der Waals surface area (Å²) in [4.78, 5) is 18.0. The normalized spacial score (nSPS) is 18.9. The van der Waals surface area contributed by atoms with E-state index >= 15 is 0 Å². The molecular formula is C16H20Cl2N2O2. The zero-order valence-electron chi connectivity index (χ0n) is 13.2. The predicted molar refractivity (Wildman–Crippen MR) is 89.0 cm³/mol. The van der Waals surface area contributed by atoms with Crippen LogP contribution in [0.15, 0.2) is 18.2 Å². The summed E-state index contributed by atoms with van der Waals surface area (Å²) in [5, 5.41) is 0.594. The smallest absolute Gasteiger partial charge is 0.414 e. The molecule has 0 N–H and O–H groups in total. The molecule has 0 spiro atoms. The number of pyridine rings is 1. The Morgan fingerprint density at radius 3 is 2.45 bits per heavy atom. The maximum atomic E-state index is 12.5. The van der Waals surface area contributed by atoms with E-state index in [-0.39, 0.29) is 6.09 Å². The summed E-state index contributed by atoms with van der Waals surface area (Å²) in [6.07, 6.45) is 2.56. The zero-order valence-corrected chi connectivity index (χ0v) is 14.7. The van der Waals surface area contributed by atoms with Gasteiger partial charge in [-0.2, -0.15) is 0 Å². The van der Waals surface area contributed by atoms with Gasteiger partial charge in [0.15, 0.2) is 0 Å². The first-order chi connectivity index (χ1) is 10.2. The number of allylic oxidation sites excluding steroid dienone is 1. The van der Waals surface area contributed by atoms with Crippen molar-refractivity contribution >= 4 is 35.0 Å². The van der Waals surface area contributed by atoms with Crippen LogP contribution < -0.4 is 0 Å². The molecule has 0 radical (unpaired) electrons. The first kappa shape index (κ1) is 17.1. The van der Waals surface area contributed by atoms with Gasteiger partial charge in [0.1, 0.15) is 15.9 Å². The third-order valence-electron chi connectivity index (χ3n) is 3.21. The minimum absolute atomic E-state index is 0.297. The fraction of sp³-hybridized carbons (Fsp3) is 0.500. The lowest BCUT2D eigenvalue weighted by Crippen LogP contribution is -2.38. The highest BCUT2D eigenvalue weighted by Crippen LogP contribution is 2.31. The maximum Gasteiger partial charge on any atom is 0.414 e. The van der Waals surface area contributed by atoms with Crippen LogP contribution in [-0.2, 0) is 4.74 Å². The third-order valence-corrected chi connectivity index (χ3v) is 3.60. The van der Waals surface area contributed by atoms with E-state index in [0.717, 1.165) is 17.7 Å². The highest BCUT2D eigenvalue weighted by Gasteiger charge is 2.29. The van der Waals surface area contributed by atoms with Gasteiger partial charge in [0.2, 0.25) is 0 Å². The Balaban J connectivity index is 2.37. The standard InChI is InChI=1S/C16H20Cl2N2O2/c1-10-5-6-20(15(21)22-16(2,3)4)12(7-10)11-8-13(17)19-14(18)9-11/h7-10H,5-6H2,1-4H3. The van der Waals surface area contributed by atoms with Crippen molar-refractivity contribution in [2.24, 2.45) is 5.92 Å². The number of nitrogens with zero attached hydrogens (tertiary/aromatic N) is 2. The fourth-order valence-electron chi connectivity index (χ4n) is 2.27. The molecule has 1 aromatic heterocycles. The van der Waals surface area contributed by atoms with Crippen LogP contribution in [0.5, 0.6) is 0 Å². The van der Waals surface area contributed by atoms with E-state index < -0.39 is 5.60 Å². The van der Waals surface area contributed by atoms with E-state index in [1.165, 1.54) is 0 Å². The minimum atomic E-state index is -0.543. The number of carbonyl (C=O) groups is 1. The van der Waals surface area contributed by atoms with Crippen LogP contribution in [0.2, 0.25) is 10.3 Å². The molecule has 0 saturated carbocycles. The predicted octanol–water partition coefficient (Wildman–Crippen LogP) is 5.01. The molecule has 0 bridgehead atoms. The molecule has 1 aliphatic rings. The Morgan fingerprint density at radius 2 is 1.91 bits per heavy atom. The zero-order chi connectivity index (χ0) is 16.5. The van der Waals surface area contributed by atoms with Gasteiger partial charge in [-0.05, 0) is 45.2 Å². The SMILES string of the molecule is CC1C=C(c2cc(Cl)nc(Cl)c2)N(C(=O)OC(C)(C)C)CC1. The highest BCUT2D eigenvalue weighted by molar-refractivity contribution is 6.32. The Morgan fingerprint density at radius 1 is 1.32 bits per heavy atom. The Kier molecular flexibility index (Phi) is 5.03. The molecule has 1 unspecified atom stereocenters. The number of hydrogen-bond acceptors (Lipinski definition) is 3. The van der Waals surface area contributed by atoms with Gasteiger partial charge in [-0.3, -0.25) is 4.90 Å². The van der Waals surface area contributed by atoms with E-state index in [2.05, 4.69) is 11.9 Å². The van der Waals surface area contributed by atoms with Crippen LogP contribution in [-0.4, -0.2) is 28.1 Å². The molecule has 1 aliphatic heterocycles. The number of rotatable bonds is 1. The molecule has 0 aliphatic carbocycles. The van der Waals surface area contributed by atoms with Crippen molar-refractivity contribution in [3.63, 3.8) is 0 Å². The lowest BCUT2D eigenvalue weighted by atomic mass is 9.98. The number of ether oxygens (including phenoxy) is 1. The molecular weight excluding hydrogens is 323 g/mol. The van der Waals surface area contributed by atoms with Gasteiger partial charge in [-0.15, -0.1) is 0 Å². The Hall–Kier alpha value is -1.26. The molecule has 2 heterocycles. The van der Waals surface area contributed by atoms with Gasteiger partial charge < -0.3 is 4.74 Å². The molecule has 22 heavy (non-hydrogen) atoms. The van der Waals surface area contributed by atoms with Crippen molar-refractivity contribution in [3.05, 3.63) is 34.1 Å². The van der Waals surface area contributed by atoms with E-state index in [1.54, 1.807) is 17.0 Å². The van der Waals surface area contributed by atoms with Crippen molar-refractivity contribution in [2.45, 2.75) is 39.7 Å². The minimum Gasteiger partial charge on any atom is -0.443 e. The monoisotopic (exact) mass is 342 g/mol. The summed E-state index contributed by atoms with van der Waals surface area (Å²) >= 11 is 12.0. The van der Waals surface area contributed by atoms with Crippen LogP contribution in [0.4, 0.5) is 4.79 Å². The quantitative estimate of drug-likeness (QED) is 0.674. The molecule has 2 rings (SSSR count). The van der Waals surface area contributed by atoms with Crippen molar-refractivity contribution in [3.8, 4) is 0 Å². The summed E-state index contributed by atoms with van der Waals surface area (Å²) in [7, 11) is 0. The summed E-state index contributed by atoms with van der Waals surface area (Å²) in [5.74, 6) is 0.361. The van der Waals surface area contributed by atoms with E-state index in [0.29, 0.717) is 22.8 Å². The second-order valence-corrected chi connectivity index (χ2v) is 7.23. The summed E-state index contributed by atoms with van der Waals surface area (Å²) in [5.41, 5.74) is 0.986. The molecule has 4 nitrogen and oxygen atoms in total. The average molecular weight is 343 g/mol. The van der Waals surface area contributed by atoms with Gasteiger partial charge in [0, 0.05) is 12.1 Å². The summed E-state index contributed by atoms with van der Waals surface area (Å²) < 4.78 is 5.49. The topological polar surface area (TPSA) is 42.4 Å². The number of halogens is 2. The number of amides is 1. The van der Waals surface area contributed by atoms with E-state index in [9.17, 15) is 4.79 Å². The van der Waals surface area contributed by atoms with Crippen LogP contribution >= 0.6 is 23.2 Å². The fourth-order valence-corrected chi connectivity index (χ4v) is 2.73. The van der Waals surface area contributed by atoms with Crippen LogP contribution in [0.1, 0.15) is 39.7 Å². The van der Waals surface area contributed by atoms with Crippen molar-refractivity contribution < 1.29 is 9.53 Å². The van der Waals surface area contributed by atoms with Crippen LogP contribution in [0.25, 0.3) is 5.70 Å². The third kappa shape index (κ3) is 4.37. The highest BCUT2D eigenvalue weighted by atomic mass is 35.5. The lowest BCUT2D eigenvalue weighted by Gasteiger charge is -2.33. The second-order valence-electron chi connectivity index (χ2n) is 6.45. The van der Waals surface area contributed by atoms with Crippen LogP contribution in [0.3, 0.4) is 0 Å². The summed E-state index contributed by atoms with van der Waals surface area (Å²) in [6.45, 7) is 8.25. The maximum absolute atomic E-state index is 12.5.